The second-order valence-corrected chi connectivity index (χ2v) is 4.47. The summed E-state index contributed by atoms with van der Waals surface area (Å²) in [6, 6.07) is 6.02. The van der Waals surface area contributed by atoms with E-state index in [0.717, 1.165) is 12.2 Å². The minimum Gasteiger partial charge on any atom is -0.478 e. The van der Waals surface area contributed by atoms with Gasteiger partial charge in [0.05, 0.1) is 5.56 Å². The molecular formula is C12H15NO3S. The molecule has 0 saturated heterocycles. The Hall–Kier alpha value is -1.49. The van der Waals surface area contributed by atoms with E-state index in [4.69, 9.17) is 5.11 Å². The number of benzene rings is 1. The van der Waals surface area contributed by atoms with E-state index >= 15 is 0 Å². The zero-order valence-electron chi connectivity index (χ0n) is 9.60. The van der Waals surface area contributed by atoms with Crippen molar-refractivity contribution in [1.29, 1.82) is 0 Å². The van der Waals surface area contributed by atoms with E-state index in [1.54, 1.807) is 23.9 Å². The number of aromatic carboxylic acids is 1. The Balaban J connectivity index is 2.56. The van der Waals surface area contributed by atoms with Crippen LogP contribution in [0.3, 0.4) is 0 Å². The molecule has 1 aromatic carbocycles. The average Bonchev–Trinajstić information content (AvgIpc) is 2.34. The first-order valence-corrected chi connectivity index (χ1v) is 6.65. The number of hydrogen-bond acceptors (Lipinski definition) is 3. The second kappa shape index (κ2) is 6.96. The first kappa shape index (κ1) is 13.6. The van der Waals surface area contributed by atoms with E-state index in [-0.39, 0.29) is 11.5 Å². The van der Waals surface area contributed by atoms with Gasteiger partial charge in [-0.15, -0.1) is 0 Å². The maximum atomic E-state index is 11.7. The van der Waals surface area contributed by atoms with Crippen molar-refractivity contribution in [3.8, 4) is 0 Å². The minimum atomic E-state index is -1.03. The number of hydrogen-bond donors (Lipinski definition) is 2. The highest BCUT2D eigenvalue weighted by molar-refractivity contribution is 7.98. The zero-order chi connectivity index (χ0) is 12.7. The average molecular weight is 253 g/mol. The molecule has 0 spiro atoms. The van der Waals surface area contributed by atoms with Gasteiger partial charge in [-0.3, -0.25) is 4.79 Å². The van der Waals surface area contributed by atoms with Crippen molar-refractivity contribution in [3.05, 3.63) is 35.4 Å². The molecule has 0 heterocycles. The third-order valence-corrected chi connectivity index (χ3v) is 2.88. The molecule has 0 atom stereocenters. The second-order valence-electron chi connectivity index (χ2n) is 3.49. The van der Waals surface area contributed by atoms with Crippen molar-refractivity contribution in [2.45, 2.75) is 6.42 Å². The Bertz CT molecular complexity index is 406. The molecule has 0 unspecified atom stereocenters. The number of carbonyl (C=O) groups is 2. The lowest BCUT2D eigenvalue weighted by Crippen LogP contribution is -2.25. The van der Waals surface area contributed by atoms with Crippen LogP contribution in [-0.4, -0.2) is 35.5 Å². The van der Waals surface area contributed by atoms with Gasteiger partial charge in [0, 0.05) is 12.1 Å². The van der Waals surface area contributed by atoms with Crippen LogP contribution in [0.2, 0.25) is 0 Å². The number of carboxylic acid groups (broad SMARTS) is 1. The summed E-state index contributed by atoms with van der Waals surface area (Å²) in [6.07, 6.45) is 2.92. The summed E-state index contributed by atoms with van der Waals surface area (Å²) >= 11 is 1.73. The minimum absolute atomic E-state index is 0.127. The molecule has 5 heteroatoms. The lowest BCUT2D eigenvalue weighted by Gasteiger charge is -2.05. The fourth-order valence-electron chi connectivity index (χ4n) is 1.31. The molecule has 1 rings (SSSR count). The van der Waals surface area contributed by atoms with Crippen LogP contribution in [-0.2, 0) is 0 Å². The lowest BCUT2D eigenvalue weighted by molar-refractivity contribution is 0.0697. The van der Waals surface area contributed by atoms with Crippen molar-refractivity contribution in [3.63, 3.8) is 0 Å². The maximum absolute atomic E-state index is 11.7. The van der Waals surface area contributed by atoms with E-state index in [1.165, 1.54) is 12.1 Å². The van der Waals surface area contributed by atoms with Crippen LogP contribution >= 0.6 is 11.8 Å². The predicted molar refractivity (Wildman–Crippen MR) is 68.7 cm³/mol. The molecular weight excluding hydrogens is 238 g/mol. The van der Waals surface area contributed by atoms with Crippen molar-refractivity contribution < 1.29 is 14.7 Å². The van der Waals surface area contributed by atoms with Gasteiger partial charge in [-0.2, -0.15) is 11.8 Å². The van der Waals surface area contributed by atoms with Gasteiger partial charge in [0.25, 0.3) is 5.91 Å². The van der Waals surface area contributed by atoms with Crippen molar-refractivity contribution in [1.82, 2.24) is 5.32 Å². The fourth-order valence-corrected chi connectivity index (χ4v) is 1.75. The van der Waals surface area contributed by atoms with Gasteiger partial charge in [-0.1, -0.05) is 6.07 Å². The highest BCUT2D eigenvalue weighted by Crippen LogP contribution is 2.05. The summed E-state index contributed by atoms with van der Waals surface area (Å²) in [4.78, 5) is 22.4. The summed E-state index contributed by atoms with van der Waals surface area (Å²) in [6.45, 7) is 0.608. The van der Waals surface area contributed by atoms with Gasteiger partial charge in [-0.25, -0.2) is 4.79 Å². The summed E-state index contributed by atoms with van der Waals surface area (Å²) in [5.41, 5.74) is 0.510. The number of nitrogens with one attached hydrogen (secondary N) is 1. The normalized spacial score (nSPS) is 9.94. The first-order valence-electron chi connectivity index (χ1n) is 5.25. The number of amides is 1. The SMILES string of the molecule is CSCCCNC(=O)c1cccc(C(=O)O)c1. The van der Waals surface area contributed by atoms with E-state index in [9.17, 15) is 9.59 Å². The summed E-state index contributed by atoms with van der Waals surface area (Å²) < 4.78 is 0. The quantitative estimate of drug-likeness (QED) is 0.759. The molecule has 0 aliphatic carbocycles. The molecule has 4 nitrogen and oxygen atoms in total. The Morgan fingerprint density at radius 1 is 1.35 bits per heavy atom. The van der Waals surface area contributed by atoms with Gasteiger partial charge in [0.1, 0.15) is 0 Å². The van der Waals surface area contributed by atoms with E-state index < -0.39 is 5.97 Å². The lowest BCUT2D eigenvalue weighted by atomic mass is 10.1. The molecule has 0 radical (unpaired) electrons. The third kappa shape index (κ3) is 4.48. The molecule has 1 amide bonds. The van der Waals surface area contributed by atoms with Gasteiger partial charge in [0.2, 0.25) is 0 Å². The van der Waals surface area contributed by atoms with Crippen LogP contribution < -0.4 is 5.32 Å². The molecule has 0 aliphatic rings. The van der Waals surface area contributed by atoms with Crippen LogP contribution in [0.15, 0.2) is 24.3 Å². The van der Waals surface area contributed by atoms with Crippen molar-refractivity contribution >= 4 is 23.6 Å². The molecule has 2 N–H and O–H groups in total. The Morgan fingerprint density at radius 2 is 2.06 bits per heavy atom. The van der Waals surface area contributed by atoms with Crippen LogP contribution in [0.4, 0.5) is 0 Å². The molecule has 0 bridgehead atoms. The van der Waals surface area contributed by atoms with Gasteiger partial charge in [0.15, 0.2) is 0 Å². The van der Waals surface area contributed by atoms with Crippen molar-refractivity contribution in [2.24, 2.45) is 0 Å². The third-order valence-electron chi connectivity index (χ3n) is 2.18. The molecule has 0 saturated carbocycles. The predicted octanol–water partition coefficient (Wildman–Crippen LogP) is 1.87. The van der Waals surface area contributed by atoms with Crippen LogP contribution in [0.1, 0.15) is 27.1 Å². The molecule has 1 aromatic rings. The van der Waals surface area contributed by atoms with Gasteiger partial charge in [-0.05, 0) is 36.6 Å². The fraction of sp³-hybridized carbons (Fsp3) is 0.333. The number of carboxylic acids is 1. The number of rotatable bonds is 6. The van der Waals surface area contributed by atoms with E-state index in [1.807, 2.05) is 6.26 Å². The largest absolute Gasteiger partial charge is 0.478 e. The molecule has 92 valence electrons. The first-order chi connectivity index (χ1) is 8.15. The van der Waals surface area contributed by atoms with E-state index in [2.05, 4.69) is 5.32 Å². The smallest absolute Gasteiger partial charge is 0.335 e. The Kier molecular flexibility index (Phi) is 5.56. The van der Waals surface area contributed by atoms with Crippen LogP contribution in [0, 0.1) is 0 Å². The number of thioether (sulfide) groups is 1. The maximum Gasteiger partial charge on any atom is 0.335 e. The summed E-state index contributed by atoms with van der Waals surface area (Å²) in [5, 5.41) is 11.6. The monoisotopic (exact) mass is 253 g/mol. The van der Waals surface area contributed by atoms with Crippen LogP contribution in [0.25, 0.3) is 0 Å². The molecule has 0 aromatic heterocycles. The molecule has 17 heavy (non-hydrogen) atoms. The highest BCUT2D eigenvalue weighted by atomic mass is 32.2. The van der Waals surface area contributed by atoms with Gasteiger partial charge >= 0.3 is 5.97 Å². The highest BCUT2D eigenvalue weighted by Gasteiger charge is 2.08. The van der Waals surface area contributed by atoms with Crippen LogP contribution in [0.5, 0.6) is 0 Å². The zero-order valence-corrected chi connectivity index (χ0v) is 10.4. The van der Waals surface area contributed by atoms with Gasteiger partial charge < -0.3 is 10.4 Å². The molecule has 0 fully saturated rings. The summed E-state index contributed by atoms with van der Waals surface area (Å²) in [7, 11) is 0. The Labute approximate surface area is 104 Å². The molecule has 0 aliphatic heterocycles. The Morgan fingerprint density at radius 3 is 2.71 bits per heavy atom. The van der Waals surface area contributed by atoms with Crippen molar-refractivity contribution in [2.75, 3.05) is 18.6 Å². The number of carbonyl (C=O) groups excluding carboxylic acids is 1. The summed E-state index contributed by atoms with van der Waals surface area (Å²) in [5.74, 6) is -0.258. The topological polar surface area (TPSA) is 66.4 Å². The standard InChI is InChI=1S/C12H15NO3S/c1-17-7-3-6-13-11(14)9-4-2-5-10(8-9)12(15)16/h2,4-5,8H,3,6-7H2,1H3,(H,13,14)(H,15,16). The van der Waals surface area contributed by atoms with E-state index in [0.29, 0.717) is 12.1 Å².